The van der Waals surface area contributed by atoms with Gasteiger partial charge in [0.15, 0.2) is 0 Å². The van der Waals surface area contributed by atoms with Crippen LogP contribution in [0, 0.1) is 40.9 Å². The molecule has 7 atom stereocenters. The molecule has 8 nitrogen and oxygen atoms in total. The highest BCUT2D eigenvalue weighted by atomic mass is 16.4. The molecule has 132 valence electrons. The predicted molar refractivity (Wildman–Crippen MR) is 77.0 cm³/mol. The van der Waals surface area contributed by atoms with E-state index >= 15 is 0 Å². The molecule has 3 aliphatic rings. The van der Waals surface area contributed by atoms with Crippen molar-refractivity contribution in [1.29, 1.82) is 0 Å². The second-order valence-electron chi connectivity index (χ2n) is 7.40. The Labute approximate surface area is 137 Å². The van der Waals surface area contributed by atoms with E-state index in [0.29, 0.717) is 6.42 Å². The molecule has 3 fully saturated rings. The lowest BCUT2D eigenvalue weighted by atomic mass is 9.41. The highest BCUT2D eigenvalue weighted by Crippen LogP contribution is 2.65. The number of rotatable bonds is 4. The fraction of sp³-hybridized carbons (Fsp3) is 0.750. The zero-order valence-corrected chi connectivity index (χ0v) is 12.9. The summed E-state index contributed by atoms with van der Waals surface area (Å²) in [6.07, 6.45) is 1.17. The molecule has 0 aromatic rings. The summed E-state index contributed by atoms with van der Waals surface area (Å²) in [4.78, 5) is 46.4. The Kier molecular flexibility index (Phi) is 3.80. The van der Waals surface area contributed by atoms with Crippen LogP contribution in [0.3, 0.4) is 0 Å². The van der Waals surface area contributed by atoms with E-state index in [1.165, 1.54) is 0 Å². The molecule has 3 rings (SSSR count). The third-order valence-corrected chi connectivity index (χ3v) is 6.71. The smallest absolute Gasteiger partial charge is 0.310 e. The quantitative estimate of drug-likeness (QED) is 0.592. The Morgan fingerprint density at radius 3 is 1.79 bits per heavy atom. The SMILES string of the molecule is O=C(O)C1CC2CC(C(=O)O)C3(C(=O)O)CCC3C2CC1C(=O)O. The van der Waals surface area contributed by atoms with Gasteiger partial charge in [-0.3, -0.25) is 19.2 Å². The van der Waals surface area contributed by atoms with Gasteiger partial charge in [0.25, 0.3) is 0 Å². The van der Waals surface area contributed by atoms with E-state index in [4.69, 9.17) is 0 Å². The minimum absolute atomic E-state index is 0.104. The van der Waals surface area contributed by atoms with Crippen molar-refractivity contribution in [2.24, 2.45) is 40.9 Å². The topological polar surface area (TPSA) is 149 Å². The second kappa shape index (κ2) is 5.46. The number of fused-ring (bicyclic) bond motifs is 3. The monoisotopic (exact) mass is 340 g/mol. The van der Waals surface area contributed by atoms with Crippen molar-refractivity contribution in [2.75, 3.05) is 0 Å². The summed E-state index contributed by atoms with van der Waals surface area (Å²) in [6, 6.07) is 0. The average Bonchev–Trinajstić information content (AvgIpc) is 2.44. The van der Waals surface area contributed by atoms with Gasteiger partial charge in [0.1, 0.15) is 0 Å². The van der Waals surface area contributed by atoms with Gasteiger partial charge in [0.05, 0.1) is 23.2 Å². The summed E-state index contributed by atoms with van der Waals surface area (Å²) in [5.41, 5.74) is -1.33. The van der Waals surface area contributed by atoms with Crippen LogP contribution in [-0.4, -0.2) is 44.3 Å². The van der Waals surface area contributed by atoms with Crippen LogP contribution in [0.5, 0.6) is 0 Å². The van der Waals surface area contributed by atoms with E-state index in [1.807, 2.05) is 0 Å². The molecular formula is C16H20O8. The van der Waals surface area contributed by atoms with E-state index < -0.39 is 47.0 Å². The summed E-state index contributed by atoms with van der Waals surface area (Å²) in [5, 5.41) is 37.9. The van der Waals surface area contributed by atoms with Gasteiger partial charge in [0, 0.05) is 0 Å². The van der Waals surface area contributed by atoms with Crippen LogP contribution in [0.15, 0.2) is 0 Å². The average molecular weight is 340 g/mol. The largest absolute Gasteiger partial charge is 0.481 e. The molecule has 24 heavy (non-hydrogen) atoms. The van der Waals surface area contributed by atoms with Gasteiger partial charge in [-0.05, 0) is 49.9 Å². The molecule has 7 unspecified atom stereocenters. The number of aliphatic carboxylic acids is 4. The van der Waals surface area contributed by atoms with Gasteiger partial charge >= 0.3 is 23.9 Å². The summed E-state index contributed by atoms with van der Waals surface area (Å²) in [7, 11) is 0. The standard InChI is InChI=1S/C16H20O8/c17-12(18)8-3-6-4-11(14(21)22)16(15(23)24)2-1-10(16)7(6)5-9(8)13(19)20/h6-11H,1-5H2,(H,17,18)(H,19,20)(H,21,22)(H,23,24). The Balaban J connectivity index is 1.96. The molecule has 0 amide bonds. The molecule has 0 aromatic heterocycles. The summed E-state index contributed by atoms with van der Waals surface area (Å²) >= 11 is 0. The van der Waals surface area contributed by atoms with Crippen molar-refractivity contribution in [2.45, 2.75) is 32.1 Å². The lowest BCUT2D eigenvalue weighted by molar-refractivity contribution is -0.204. The lowest BCUT2D eigenvalue weighted by Crippen LogP contribution is -2.63. The van der Waals surface area contributed by atoms with Crippen molar-refractivity contribution < 1.29 is 39.6 Å². The molecule has 8 heteroatoms. The molecule has 0 heterocycles. The molecule has 0 bridgehead atoms. The Hall–Kier alpha value is -2.12. The van der Waals surface area contributed by atoms with Crippen molar-refractivity contribution >= 4 is 23.9 Å². The van der Waals surface area contributed by atoms with Crippen LogP contribution >= 0.6 is 0 Å². The van der Waals surface area contributed by atoms with Crippen molar-refractivity contribution in [3.05, 3.63) is 0 Å². The number of carboxylic acids is 4. The maximum Gasteiger partial charge on any atom is 0.310 e. The van der Waals surface area contributed by atoms with E-state index in [2.05, 4.69) is 0 Å². The minimum atomic E-state index is -1.33. The first-order chi connectivity index (χ1) is 11.2. The first kappa shape index (κ1) is 16.7. The van der Waals surface area contributed by atoms with Crippen molar-refractivity contribution in [3.63, 3.8) is 0 Å². The van der Waals surface area contributed by atoms with Crippen LogP contribution in [0.25, 0.3) is 0 Å². The number of carboxylic acid groups (broad SMARTS) is 4. The Morgan fingerprint density at radius 2 is 1.38 bits per heavy atom. The number of hydrogen-bond acceptors (Lipinski definition) is 4. The molecule has 0 aliphatic heterocycles. The third kappa shape index (κ3) is 2.12. The Bertz CT molecular complexity index is 613. The Morgan fingerprint density at radius 1 is 0.792 bits per heavy atom. The maximum atomic E-state index is 11.8. The van der Waals surface area contributed by atoms with E-state index in [0.717, 1.165) is 0 Å². The maximum absolute atomic E-state index is 11.8. The van der Waals surface area contributed by atoms with Crippen LogP contribution in [-0.2, 0) is 19.2 Å². The van der Waals surface area contributed by atoms with Gasteiger partial charge < -0.3 is 20.4 Å². The van der Waals surface area contributed by atoms with Crippen LogP contribution in [0.2, 0.25) is 0 Å². The van der Waals surface area contributed by atoms with E-state index in [-0.39, 0.29) is 43.4 Å². The van der Waals surface area contributed by atoms with Crippen molar-refractivity contribution in [3.8, 4) is 0 Å². The van der Waals surface area contributed by atoms with Crippen LogP contribution < -0.4 is 0 Å². The molecule has 0 radical (unpaired) electrons. The molecular weight excluding hydrogens is 320 g/mol. The minimum Gasteiger partial charge on any atom is -0.481 e. The van der Waals surface area contributed by atoms with E-state index in [9.17, 15) is 39.6 Å². The zero-order chi connectivity index (χ0) is 17.8. The van der Waals surface area contributed by atoms with Gasteiger partial charge in [-0.1, -0.05) is 0 Å². The van der Waals surface area contributed by atoms with Crippen molar-refractivity contribution in [1.82, 2.24) is 0 Å². The zero-order valence-electron chi connectivity index (χ0n) is 12.9. The van der Waals surface area contributed by atoms with Crippen LogP contribution in [0.4, 0.5) is 0 Å². The van der Waals surface area contributed by atoms with E-state index in [1.54, 1.807) is 0 Å². The number of hydrogen-bond donors (Lipinski definition) is 4. The summed E-state index contributed by atoms with van der Waals surface area (Å²) < 4.78 is 0. The van der Waals surface area contributed by atoms with Gasteiger partial charge in [0.2, 0.25) is 0 Å². The molecule has 0 aromatic carbocycles. The fourth-order valence-electron chi connectivity index (χ4n) is 5.52. The summed E-state index contributed by atoms with van der Waals surface area (Å²) in [6.45, 7) is 0. The molecule has 4 N–H and O–H groups in total. The normalized spacial score (nSPS) is 43.7. The third-order valence-electron chi connectivity index (χ3n) is 6.71. The first-order valence-corrected chi connectivity index (χ1v) is 8.12. The van der Waals surface area contributed by atoms with Gasteiger partial charge in [-0.2, -0.15) is 0 Å². The predicted octanol–water partition coefficient (Wildman–Crippen LogP) is 1.000. The highest BCUT2D eigenvalue weighted by molar-refractivity contribution is 5.85. The van der Waals surface area contributed by atoms with Gasteiger partial charge in [-0.25, -0.2) is 0 Å². The van der Waals surface area contributed by atoms with Gasteiger partial charge in [-0.15, -0.1) is 0 Å². The fourth-order valence-corrected chi connectivity index (χ4v) is 5.52. The molecule has 3 aliphatic carbocycles. The molecule has 0 spiro atoms. The highest BCUT2D eigenvalue weighted by Gasteiger charge is 2.67. The molecule has 3 saturated carbocycles. The lowest BCUT2D eigenvalue weighted by Gasteiger charge is -2.60. The number of carbonyl (C=O) groups is 4. The second-order valence-corrected chi connectivity index (χ2v) is 7.40. The molecule has 0 saturated heterocycles. The first-order valence-electron chi connectivity index (χ1n) is 8.12. The van der Waals surface area contributed by atoms with Crippen LogP contribution in [0.1, 0.15) is 32.1 Å². The summed E-state index contributed by atoms with van der Waals surface area (Å²) in [5.74, 6) is -8.64.